The number of hydrogen-bond acceptors (Lipinski definition) is 3. The van der Waals surface area contributed by atoms with E-state index < -0.39 is 10.8 Å². The molecule has 2 rings (SSSR count). The number of nitrogens with zero attached hydrogens (tertiary/aromatic N) is 2. The molecule has 0 amide bonds. The second kappa shape index (κ2) is 6.17. The number of aromatic nitrogens is 3. The van der Waals surface area contributed by atoms with Gasteiger partial charge in [0.2, 0.25) is 0 Å². The molecule has 1 aromatic heterocycles. The van der Waals surface area contributed by atoms with Gasteiger partial charge in [0.15, 0.2) is 4.77 Å². The Labute approximate surface area is 128 Å². The Morgan fingerprint density at radius 2 is 2.00 bits per heavy atom. The molecule has 1 aromatic carbocycles. The zero-order chi connectivity index (χ0) is 14.0. The highest BCUT2D eigenvalue weighted by molar-refractivity contribution is 7.83. The highest BCUT2D eigenvalue weighted by atomic mass is 35.5. The van der Waals surface area contributed by atoms with Crippen molar-refractivity contribution in [3.63, 3.8) is 0 Å². The van der Waals surface area contributed by atoms with Crippen molar-refractivity contribution in [1.29, 1.82) is 0 Å². The van der Waals surface area contributed by atoms with Crippen LogP contribution in [-0.4, -0.2) is 19.0 Å². The van der Waals surface area contributed by atoms with E-state index in [2.05, 4.69) is 10.2 Å². The van der Waals surface area contributed by atoms with E-state index in [0.29, 0.717) is 32.0 Å². The van der Waals surface area contributed by atoms with Crippen LogP contribution in [0.3, 0.4) is 0 Å². The van der Waals surface area contributed by atoms with Crippen LogP contribution in [0.4, 0.5) is 0 Å². The van der Waals surface area contributed by atoms with Gasteiger partial charge < -0.3 is 4.57 Å². The second-order valence-electron chi connectivity index (χ2n) is 3.93. The lowest BCUT2D eigenvalue weighted by atomic mass is 10.2. The minimum atomic E-state index is -1.16. The maximum atomic E-state index is 12.1. The zero-order valence-electron chi connectivity index (χ0n) is 10.0. The van der Waals surface area contributed by atoms with Crippen LogP contribution in [0.2, 0.25) is 10.0 Å². The molecule has 0 fully saturated rings. The Morgan fingerprint density at radius 3 is 2.53 bits per heavy atom. The molecule has 0 saturated carbocycles. The average Bonchev–Trinajstić information content (AvgIpc) is 2.66. The quantitative estimate of drug-likeness (QED) is 0.872. The molecular formula is C11H11Cl2N3OS2. The number of benzene rings is 1. The monoisotopic (exact) mass is 335 g/mol. The maximum absolute atomic E-state index is 12.1. The molecule has 0 spiro atoms. The van der Waals surface area contributed by atoms with E-state index in [1.807, 2.05) is 0 Å². The third-order valence-electron chi connectivity index (χ3n) is 2.63. The summed E-state index contributed by atoms with van der Waals surface area (Å²) in [5, 5.41) is 7.74. The predicted molar refractivity (Wildman–Crippen MR) is 80.4 cm³/mol. The molecule has 19 heavy (non-hydrogen) atoms. The minimum Gasteiger partial charge on any atom is -0.307 e. The fourth-order valence-corrected chi connectivity index (χ4v) is 3.66. The number of hydrogen-bond donors (Lipinski definition) is 1. The topological polar surface area (TPSA) is 50.7 Å². The number of rotatable bonds is 4. The lowest BCUT2D eigenvalue weighted by Gasteiger charge is -2.06. The summed E-state index contributed by atoms with van der Waals surface area (Å²) in [7, 11) is 0.621. The average molecular weight is 336 g/mol. The number of nitrogens with one attached hydrogen (secondary N) is 1. The fourth-order valence-electron chi connectivity index (χ4n) is 1.53. The molecule has 1 N–H and O–H groups in total. The van der Waals surface area contributed by atoms with Gasteiger partial charge >= 0.3 is 0 Å². The molecule has 1 unspecified atom stereocenters. The Balaban J connectivity index is 2.14. The molecule has 8 heteroatoms. The van der Waals surface area contributed by atoms with Crippen molar-refractivity contribution in [3.05, 3.63) is 44.4 Å². The summed E-state index contributed by atoms with van der Waals surface area (Å²) in [6.45, 7) is 0. The van der Waals surface area contributed by atoms with Crippen molar-refractivity contribution in [2.45, 2.75) is 11.5 Å². The van der Waals surface area contributed by atoms with Crippen LogP contribution in [0, 0.1) is 4.77 Å². The minimum absolute atomic E-state index is 0.290. The van der Waals surface area contributed by atoms with Gasteiger partial charge in [-0.25, -0.2) is 0 Å². The summed E-state index contributed by atoms with van der Waals surface area (Å²) in [5.74, 6) is 1.23. The Morgan fingerprint density at radius 1 is 1.37 bits per heavy atom. The molecule has 0 aliphatic heterocycles. The van der Waals surface area contributed by atoms with Crippen LogP contribution in [-0.2, 0) is 29.4 Å². The first-order valence-electron chi connectivity index (χ1n) is 5.37. The standard InChI is InChI=1S/C11H11Cl2N3OS2/c1-16-10(14-15-11(16)18)6-19(17)5-7-8(12)3-2-4-9(7)13/h2-4H,5-6H2,1H3,(H,15,18). The lowest BCUT2D eigenvalue weighted by Crippen LogP contribution is -2.06. The van der Waals surface area contributed by atoms with Crippen LogP contribution in [0.1, 0.15) is 11.4 Å². The number of halogens is 2. The van der Waals surface area contributed by atoms with E-state index >= 15 is 0 Å². The molecule has 0 aliphatic rings. The van der Waals surface area contributed by atoms with E-state index in [4.69, 9.17) is 35.4 Å². The molecular weight excluding hydrogens is 325 g/mol. The first-order chi connectivity index (χ1) is 8.99. The molecule has 0 bridgehead atoms. The van der Waals surface area contributed by atoms with E-state index in [0.717, 1.165) is 0 Å². The summed E-state index contributed by atoms with van der Waals surface area (Å²) in [4.78, 5) is 0. The molecule has 1 heterocycles. The Hall–Kier alpha value is -0.690. The fraction of sp³-hybridized carbons (Fsp3) is 0.273. The second-order valence-corrected chi connectivity index (χ2v) is 6.59. The molecule has 0 radical (unpaired) electrons. The van der Waals surface area contributed by atoms with Gasteiger partial charge in [0.05, 0.1) is 11.5 Å². The molecule has 4 nitrogen and oxygen atoms in total. The normalized spacial score (nSPS) is 12.6. The first kappa shape index (κ1) is 14.7. The van der Waals surface area contributed by atoms with Crippen molar-refractivity contribution in [3.8, 4) is 0 Å². The van der Waals surface area contributed by atoms with Crippen LogP contribution >= 0.6 is 35.4 Å². The van der Waals surface area contributed by atoms with Gasteiger partial charge in [0.25, 0.3) is 0 Å². The predicted octanol–water partition coefficient (Wildman–Crippen LogP) is 3.23. The zero-order valence-corrected chi connectivity index (χ0v) is 13.2. The van der Waals surface area contributed by atoms with Crippen LogP contribution < -0.4 is 0 Å². The molecule has 1 atom stereocenters. The van der Waals surface area contributed by atoms with E-state index in [1.54, 1.807) is 29.8 Å². The van der Waals surface area contributed by atoms with E-state index in [1.165, 1.54) is 0 Å². The Kier molecular flexibility index (Phi) is 4.78. The summed E-state index contributed by atoms with van der Waals surface area (Å²) < 4.78 is 14.3. The third-order valence-corrected chi connectivity index (χ3v) is 4.89. The van der Waals surface area contributed by atoms with Crippen molar-refractivity contribution < 1.29 is 4.21 Å². The number of H-pyrrole nitrogens is 1. The maximum Gasteiger partial charge on any atom is 0.194 e. The summed E-state index contributed by atoms with van der Waals surface area (Å²) in [5.41, 5.74) is 0.695. The SMILES string of the molecule is Cn1c(CS(=O)Cc2c(Cl)cccc2Cl)n[nH]c1=S. The Bertz CT molecular complexity index is 661. The van der Waals surface area contributed by atoms with Crippen LogP contribution in [0.25, 0.3) is 0 Å². The highest BCUT2D eigenvalue weighted by Crippen LogP contribution is 2.25. The first-order valence-corrected chi connectivity index (χ1v) is 8.02. The van der Waals surface area contributed by atoms with Crippen molar-refractivity contribution >= 4 is 46.2 Å². The van der Waals surface area contributed by atoms with Crippen molar-refractivity contribution in [2.24, 2.45) is 7.05 Å². The molecule has 0 saturated heterocycles. The van der Waals surface area contributed by atoms with Gasteiger partial charge in [-0.05, 0) is 24.4 Å². The van der Waals surface area contributed by atoms with Gasteiger partial charge in [-0.2, -0.15) is 5.10 Å². The van der Waals surface area contributed by atoms with Crippen LogP contribution in [0.5, 0.6) is 0 Å². The number of aromatic amines is 1. The van der Waals surface area contributed by atoms with Gasteiger partial charge in [-0.15, -0.1) is 0 Å². The third kappa shape index (κ3) is 3.45. The largest absolute Gasteiger partial charge is 0.307 e. The van der Waals surface area contributed by atoms with Crippen LogP contribution in [0.15, 0.2) is 18.2 Å². The smallest absolute Gasteiger partial charge is 0.194 e. The lowest BCUT2D eigenvalue weighted by molar-refractivity contribution is 0.679. The molecule has 0 aliphatic carbocycles. The molecule has 2 aromatic rings. The van der Waals surface area contributed by atoms with Gasteiger partial charge in [0.1, 0.15) is 5.82 Å². The summed E-state index contributed by atoms with van der Waals surface area (Å²) in [6.07, 6.45) is 0. The van der Waals surface area contributed by atoms with Crippen molar-refractivity contribution in [1.82, 2.24) is 14.8 Å². The van der Waals surface area contributed by atoms with Crippen molar-refractivity contribution in [2.75, 3.05) is 0 Å². The molecule has 102 valence electrons. The van der Waals surface area contributed by atoms with E-state index in [-0.39, 0.29) is 5.75 Å². The highest BCUT2D eigenvalue weighted by Gasteiger charge is 2.12. The van der Waals surface area contributed by atoms with Gasteiger partial charge in [0, 0.05) is 33.5 Å². The summed E-state index contributed by atoms with van der Waals surface area (Å²) >= 11 is 17.1. The van der Waals surface area contributed by atoms with Gasteiger partial charge in [-0.1, -0.05) is 29.3 Å². The van der Waals surface area contributed by atoms with Gasteiger partial charge in [-0.3, -0.25) is 9.31 Å². The summed E-state index contributed by atoms with van der Waals surface area (Å²) in [6, 6.07) is 5.22. The van der Waals surface area contributed by atoms with E-state index in [9.17, 15) is 4.21 Å².